The molecule has 2 unspecified atom stereocenters. The van der Waals surface area contributed by atoms with Crippen LogP contribution in [0.1, 0.15) is 47.5 Å². The fourth-order valence-corrected chi connectivity index (χ4v) is 1.68. The van der Waals surface area contributed by atoms with Gasteiger partial charge in [-0.25, -0.2) is 0 Å². The molecule has 1 saturated carbocycles. The molecule has 110 valence electrons. The summed E-state index contributed by atoms with van der Waals surface area (Å²) in [6, 6.07) is 0. The van der Waals surface area contributed by atoms with Crippen LogP contribution in [-0.2, 0) is 9.59 Å². The third-order valence-corrected chi connectivity index (χ3v) is 4.08. The predicted molar refractivity (Wildman–Crippen MR) is 73.4 cm³/mol. The third-order valence-electron chi connectivity index (χ3n) is 4.08. The Morgan fingerprint density at radius 1 is 1.26 bits per heavy atom. The van der Waals surface area contributed by atoms with Crippen molar-refractivity contribution in [2.24, 2.45) is 11.8 Å². The van der Waals surface area contributed by atoms with Gasteiger partial charge in [0.2, 0.25) is 11.8 Å². The molecule has 0 aromatic carbocycles. The summed E-state index contributed by atoms with van der Waals surface area (Å²) in [5.41, 5.74) is -1.71. The van der Waals surface area contributed by atoms with E-state index in [0.29, 0.717) is 12.5 Å². The van der Waals surface area contributed by atoms with Gasteiger partial charge < -0.3 is 15.7 Å². The molecule has 2 amide bonds. The second-order valence-corrected chi connectivity index (χ2v) is 6.59. The van der Waals surface area contributed by atoms with E-state index in [0.717, 1.165) is 6.42 Å². The lowest BCUT2D eigenvalue weighted by Gasteiger charge is -2.38. The first-order valence-electron chi connectivity index (χ1n) is 6.85. The van der Waals surface area contributed by atoms with Crippen LogP contribution in [0.25, 0.3) is 0 Å². The topological polar surface area (TPSA) is 78.4 Å². The van der Waals surface area contributed by atoms with Crippen molar-refractivity contribution in [2.75, 3.05) is 6.54 Å². The van der Waals surface area contributed by atoms with Crippen LogP contribution in [0.4, 0.5) is 0 Å². The second-order valence-electron chi connectivity index (χ2n) is 6.59. The van der Waals surface area contributed by atoms with Gasteiger partial charge in [0, 0.05) is 18.9 Å². The Morgan fingerprint density at radius 2 is 1.79 bits per heavy atom. The van der Waals surface area contributed by atoms with Gasteiger partial charge >= 0.3 is 0 Å². The molecular weight excluding hydrogens is 244 g/mol. The highest BCUT2D eigenvalue weighted by Crippen LogP contribution is 2.37. The molecule has 1 fully saturated rings. The van der Waals surface area contributed by atoms with Gasteiger partial charge in [-0.15, -0.1) is 0 Å². The number of hydrogen-bond donors (Lipinski definition) is 3. The first kappa shape index (κ1) is 16.0. The van der Waals surface area contributed by atoms with Crippen molar-refractivity contribution in [3.8, 4) is 0 Å². The van der Waals surface area contributed by atoms with Crippen molar-refractivity contribution >= 4 is 11.8 Å². The maximum absolute atomic E-state index is 11.8. The van der Waals surface area contributed by atoms with E-state index in [1.807, 2.05) is 6.92 Å². The summed E-state index contributed by atoms with van der Waals surface area (Å²) in [6.45, 7) is 9.25. The van der Waals surface area contributed by atoms with E-state index in [1.165, 1.54) is 0 Å². The van der Waals surface area contributed by atoms with Crippen molar-refractivity contribution in [3.05, 3.63) is 0 Å². The molecule has 5 nitrogen and oxygen atoms in total. The fourth-order valence-electron chi connectivity index (χ4n) is 1.68. The monoisotopic (exact) mass is 270 g/mol. The number of carbonyl (C=O) groups excluding carboxylic acids is 2. The van der Waals surface area contributed by atoms with Crippen LogP contribution in [-0.4, -0.2) is 34.6 Å². The standard InChI is InChI=1S/C14H26N2O3/c1-9-8-10(9)12(18)15-7-6-11(17)16-13(2,3)14(4,5)19/h9-10,19H,6-8H2,1-5H3,(H,15,18)(H,16,17). The summed E-state index contributed by atoms with van der Waals surface area (Å²) in [4.78, 5) is 23.3. The first-order chi connectivity index (χ1) is 8.54. The van der Waals surface area contributed by atoms with Crippen molar-refractivity contribution in [2.45, 2.75) is 58.6 Å². The van der Waals surface area contributed by atoms with E-state index in [4.69, 9.17) is 0 Å². The molecule has 0 spiro atoms. The molecule has 1 rings (SSSR count). The molecule has 1 aliphatic carbocycles. The zero-order valence-corrected chi connectivity index (χ0v) is 12.5. The van der Waals surface area contributed by atoms with E-state index in [1.54, 1.807) is 27.7 Å². The Morgan fingerprint density at radius 3 is 2.21 bits per heavy atom. The highest BCUT2D eigenvalue weighted by molar-refractivity contribution is 5.82. The number of hydrogen-bond acceptors (Lipinski definition) is 3. The summed E-state index contributed by atoms with van der Waals surface area (Å²) in [6.07, 6.45) is 1.18. The van der Waals surface area contributed by atoms with Crippen LogP contribution in [0.5, 0.6) is 0 Å². The van der Waals surface area contributed by atoms with Crippen molar-refractivity contribution in [1.82, 2.24) is 10.6 Å². The van der Waals surface area contributed by atoms with Crippen LogP contribution in [0, 0.1) is 11.8 Å². The second kappa shape index (κ2) is 5.49. The Balaban J connectivity index is 2.26. The van der Waals surface area contributed by atoms with Crippen molar-refractivity contribution in [3.63, 3.8) is 0 Å². The number of amides is 2. The molecule has 0 bridgehead atoms. The van der Waals surface area contributed by atoms with Gasteiger partial charge in [-0.3, -0.25) is 9.59 Å². The first-order valence-corrected chi connectivity index (χ1v) is 6.85. The van der Waals surface area contributed by atoms with Crippen LogP contribution >= 0.6 is 0 Å². The van der Waals surface area contributed by atoms with Gasteiger partial charge in [0.15, 0.2) is 0 Å². The van der Waals surface area contributed by atoms with E-state index >= 15 is 0 Å². The normalized spacial score (nSPS) is 22.8. The van der Waals surface area contributed by atoms with Gasteiger partial charge in [-0.1, -0.05) is 6.92 Å². The smallest absolute Gasteiger partial charge is 0.223 e. The molecule has 0 aromatic rings. The van der Waals surface area contributed by atoms with Crippen molar-refractivity contribution < 1.29 is 14.7 Å². The lowest BCUT2D eigenvalue weighted by molar-refractivity contribution is -0.126. The molecule has 1 aliphatic rings. The van der Waals surface area contributed by atoms with Crippen LogP contribution in [0.3, 0.4) is 0 Å². The molecule has 0 aliphatic heterocycles. The molecule has 0 radical (unpaired) electrons. The maximum Gasteiger partial charge on any atom is 0.223 e. The molecule has 0 heterocycles. The molecule has 3 N–H and O–H groups in total. The quantitative estimate of drug-likeness (QED) is 0.668. The molecular formula is C14H26N2O3. The highest BCUT2D eigenvalue weighted by Gasteiger charge is 2.39. The minimum Gasteiger partial charge on any atom is -0.388 e. The van der Waals surface area contributed by atoms with E-state index < -0.39 is 11.1 Å². The summed E-state index contributed by atoms with van der Waals surface area (Å²) < 4.78 is 0. The molecule has 0 aromatic heterocycles. The van der Waals surface area contributed by atoms with Gasteiger partial charge in [-0.2, -0.15) is 0 Å². The maximum atomic E-state index is 11.8. The zero-order chi connectivity index (χ0) is 14.8. The minimum absolute atomic E-state index is 0.0436. The Labute approximate surface area is 115 Å². The summed E-state index contributed by atoms with van der Waals surface area (Å²) in [5, 5.41) is 15.5. The SMILES string of the molecule is CC1CC1C(=O)NCCC(=O)NC(C)(C)C(C)(C)O. The van der Waals surface area contributed by atoms with E-state index in [9.17, 15) is 14.7 Å². The molecule has 0 saturated heterocycles. The van der Waals surface area contributed by atoms with Crippen molar-refractivity contribution in [1.29, 1.82) is 0 Å². The van der Waals surface area contributed by atoms with Gasteiger partial charge in [0.1, 0.15) is 0 Å². The largest absolute Gasteiger partial charge is 0.388 e. The average molecular weight is 270 g/mol. The Bertz CT molecular complexity index is 358. The van der Waals surface area contributed by atoms with E-state index in [-0.39, 0.29) is 24.2 Å². The molecule has 2 atom stereocenters. The fraction of sp³-hybridized carbons (Fsp3) is 0.857. The third kappa shape index (κ3) is 4.49. The average Bonchev–Trinajstić information content (AvgIpc) is 2.92. The molecule has 19 heavy (non-hydrogen) atoms. The van der Waals surface area contributed by atoms with Gasteiger partial charge in [0.05, 0.1) is 11.1 Å². The van der Waals surface area contributed by atoms with Crippen LogP contribution < -0.4 is 10.6 Å². The minimum atomic E-state index is -1.00. The predicted octanol–water partition coefficient (Wildman–Crippen LogP) is 0.814. The lowest BCUT2D eigenvalue weighted by atomic mass is 9.86. The number of nitrogens with one attached hydrogen (secondary N) is 2. The highest BCUT2D eigenvalue weighted by atomic mass is 16.3. The number of aliphatic hydroxyl groups is 1. The van der Waals surface area contributed by atoms with Crippen LogP contribution in [0.15, 0.2) is 0 Å². The van der Waals surface area contributed by atoms with Crippen LogP contribution in [0.2, 0.25) is 0 Å². The summed E-state index contributed by atoms with van der Waals surface area (Å²) >= 11 is 0. The van der Waals surface area contributed by atoms with Gasteiger partial charge in [0.25, 0.3) is 0 Å². The Kier molecular flexibility index (Phi) is 4.61. The lowest BCUT2D eigenvalue weighted by Crippen LogP contribution is -2.58. The molecule has 5 heteroatoms. The Hall–Kier alpha value is -1.10. The summed E-state index contributed by atoms with van der Waals surface area (Å²) in [7, 11) is 0. The number of carbonyl (C=O) groups is 2. The van der Waals surface area contributed by atoms with E-state index in [2.05, 4.69) is 10.6 Å². The van der Waals surface area contributed by atoms with Gasteiger partial charge in [-0.05, 0) is 40.0 Å². The summed E-state index contributed by atoms with van der Waals surface area (Å²) in [5.74, 6) is 0.483. The zero-order valence-electron chi connectivity index (χ0n) is 12.5. The number of rotatable bonds is 6.